The number of fused-ring (bicyclic) bond motifs is 1. The summed E-state index contributed by atoms with van der Waals surface area (Å²) in [6.45, 7) is 1.09. The molecule has 0 saturated carbocycles. The maximum Gasteiger partial charge on any atom is 0.417 e. The number of amides is 2. The van der Waals surface area contributed by atoms with E-state index < -0.39 is 6.09 Å². The summed E-state index contributed by atoms with van der Waals surface area (Å²) < 4.78 is 11.2. The van der Waals surface area contributed by atoms with Gasteiger partial charge in [-0.25, -0.2) is 9.78 Å². The standard InChI is InChI=1S/C22H17ClN4O4S/c23-19-8-7-18(32-19)21-25-16-6-5-15(11-17(16)26-21)31-22(29)24-13-1-3-14(4-2-13)27-9-10-30-12-20(27)28/h1-8,11H,9-10,12H2,(H,24,29)(H,25,26). The molecule has 0 bridgehead atoms. The van der Waals surface area contributed by atoms with E-state index in [-0.39, 0.29) is 12.5 Å². The zero-order valence-electron chi connectivity index (χ0n) is 16.6. The van der Waals surface area contributed by atoms with Gasteiger partial charge in [0.1, 0.15) is 18.2 Å². The molecular weight excluding hydrogens is 452 g/mol. The zero-order chi connectivity index (χ0) is 22.1. The van der Waals surface area contributed by atoms with Gasteiger partial charge in [0.15, 0.2) is 0 Å². The van der Waals surface area contributed by atoms with Crippen molar-refractivity contribution in [3.05, 3.63) is 58.9 Å². The van der Waals surface area contributed by atoms with Crippen molar-refractivity contribution in [1.29, 1.82) is 0 Å². The zero-order valence-corrected chi connectivity index (χ0v) is 18.2. The molecule has 8 nitrogen and oxygen atoms in total. The Hall–Kier alpha value is -3.40. The van der Waals surface area contributed by atoms with Crippen LogP contribution < -0.4 is 15.0 Å². The highest BCUT2D eigenvalue weighted by molar-refractivity contribution is 7.19. The van der Waals surface area contributed by atoms with Crippen molar-refractivity contribution in [3.8, 4) is 16.5 Å². The number of anilines is 2. The SMILES string of the molecule is O=C(Nc1ccc(N2CCOCC2=O)cc1)Oc1ccc2nc(-c3ccc(Cl)s3)[nH]c2c1. The highest BCUT2D eigenvalue weighted by Crippen LogP contribution is 2.31. The third-order valence-corrected chi connectivity index (χ3v) is 6.12. The topological polar surface area (TPSA) is 96.6 Å². The summed E-state index contributed by atoms with van der Waals surface area (Å²) in [5.41, 5.74) is 2.81. The van der Waals surface area contributed by atoms with Gasteiger partial charge in [-0.1, -0.05) is 11.6 Å². The first-order chi connectivity index (χ1) is 15.5. The van der Waals surface area contributed by atoms with Gasteiger partial charge in [-0.15, -0.1) is 11.3 Å². The van der Waals surface area contributed by atoms with Crippen molar-refractivity contribution in [2.45, 2.75) is 0 Å². The molecule has 0 atom stereocenters. The molecule has 0 spiro atoms. The first-order valence-corrected chi connectivity index (χ1v) is 11.0. The number of morpholine rings is 1. The predicted octanol–water partition coefficient (Wildman–Crippen LogP) is 4.92. The molecular formula is C22H17ClN4O4S. The molecule has 1 saturated heterocycles. The monoisotopic (exact) mass is 468 g/mol. The Morgan fingerprint density at radius 3 is 2.78 bits per heavy atom. The third-order valence-electron chi connectivity index (χ3n) is 4.88. The van der Waals surface area contributed by atoms with Gasteiger partial charge in [-0.3, -0.25) is 10.1 Å². The van der Waals surface area contributed by atoms with E-state index in [0.29, 0.717) is 34.7 Å². The molecule has 3 heterocycles. The van der Waals surface area contributed by atoms with Crippen LogP contribution in [0.4, 0.5) is 16.2 Å². The van der Waals surface area contributed by atoms with Gasteiger partial charge >= 0.3 is 6.09 Å². The molecule has 1 aliphatic rings. The normalized spacial score (nSPS) is 14.0. The van der Waals surface area contributed by atoms with Crippen molar-refractivity contribution in [3.63, 3.8) is 0 Å². The second kappa shape index (κ2) is 8.62. The summed E-state index contributed by atoms with van der Waals surface area (Å²) in [7, 11) is 0. The minimum Gasteiger partial charge on any atom is -0.410 e. The van der Waals surface area contributed by atoms with Crippen molar-refractivity contribution in [2.24, 2.45) is 0 Å². The quantitative estimate of drug-likeness (QED) is 0.443. The fourth-order valence-corrected chi connectivity index (χ4v) is 4.36. The summed E-state index contributed by atoms with van der Waals surface area (Å²) in [6, 6.07) is 15.9. The van der Waals surface area contributed by atoms with Crippen LogP contribution in [0, 0.1) is 0 Å². The lowest BCUT2D eigenvalue weighted by atomic mass is 10.2. The number of rotatable bonds is 4. The fraction of sp³-hybridized carbons (Fsp3) is 0.136. The van der Waals surface area contributed by atoms with Gasteiger partial charge in [0.25, 0.3) is 5.91 Å². The van der Waals surface area contributed by atoms with Crippen molar-refractivity contribution in [1.82, 2.24) is 9.97 Å². The molecule has 10 heteroatoms. The Balaban J connectivity index is 1.25. The maximum atomic E-state index is 12.3. The van der Waals surface area contributed by atoms with E-state index in [1.165, 1.54) is 11.3 Å². The van der Waals surface area contributed by atoms with Gasteiger partial charge in [0.05, 0.1) is 26.9 Å². The molecule has 0 unspecified atom stereocenters. The minimum atomic E-state index is -0.621. The van der Waals surface area contributed by atoms with E-state index >= 15 is 0 Å². The Kier molecular flexibility index (Phi) is 5.52. The largest absolute Gasteiger partial charge is 0.417 e. The van der Waals surface area contributed by atoms with Crippen molar-refractivity contribution >= 4 is 57.3 Å². The van der Waals surface area contributed by atoms with E-state index in [0.717, 1.165) is 21.6 Å². The van der Waals surface area contributed by atoms with E-state index in [9.17, 15) is 9.59 Å². The van der Waals surface area contributed by atoms with Gasteiger partial charge in [-0.2, -0.15) is 0 Å². The van der Waals surface area contributed by atoms with Crippen molar-refractivity contribution < 1.29 is 19.1 Å². The molecule has 2 aromatic carbocycles. The fourth-order valence-electron chi connectivity index (χ4n) is 3.38. The van der Waals surface area contributed by atoms with Gasteiger partial charge in [0.2, 0.25) is 0 Å². The number of aromatic amines is 1. The minimum absolute atomic E-state index is 0.0789. The number of ether oxygens (including phenoxy) is 2. The summed E-state index contributed by atoms with van der Waals surface area (Å²) in [6.07, 6.45) is -0.621. The van der Waals surface area contributed by atoms with Gasteiger partial charge in [-0.05, 0) is 48.5 Å². The Labute approximate surface area is 191 Å². The van der Waals surface area contributed by atoms with Crippen LogP contribution in [-0.2, 0) is 9.53 Å². The summed E-state index contributed by atoms with van der Waals surface area (Å²) in [5, 5.41) is 2.69. The lowest BCUT2D eigenvalue weighted by Crippen LogP contribution is -2.41. The van der Waals surface area contributed by atoms with Crippen LogP contribution >= 0.6 is 22.9 Å². The van der Waals surface area contributed by atoms with Crippen molar-refractivity contribution in [2.75, 3.05) is 30.0 Å². The molecule has 1 aliphatic heterocycles. The van der Waals surface area contributed by atoms with E-state index in [4.69, 9.17) is 21.1 Å². The number of carbonyl (C=O) groups excluding carboxylic acids is 2. The molecule has 162 valence electrons. The van der Waals surface area contributed by atoms with Crippen LogP contribution in [0.15, 0.2) is 54.6 Å². The number of carbonyl (C=O) groups is 2. The molecule has 2 aromatic heterocycles. The lowest BCUT2D eigenvalue weighted by Gasteiger charge is -2.26. The summed E-state index contributed by atoms with van der Waals surface area (Å²) >= 11 is 7.43. The highest BCUT2D eigenvalue weighted by atomic mass is 35.5. The number of nitrogens with one attached hydrogen (secondary N) is 2. The second-order valence-electron chi connectivity index (χ2n) is 7.03. The average Bonchev–Trinajstić information content (AvgIpc) is 3.40. The molecule has 0 aliphatic carbocycles. The maximum absolute atomic E-state index is 12.3. The first-order valence-electron chi connectivity index (χ1n) is 9.78. The molecule has 5 rings (SSSR count). The number of thiophene rings is 1. The van der Waals surface area contributed by atoms with Crippen LogP contribution in [0.2, 0.25) is 4.34 Å². The number of H-pyrrole nitrogens is 1. The van der Waals surface area contributed by atoms with E-state index in [1.807, 2.05) is 12.1 Å². The molecule has 32 heavy (non-hydrogen) atoms. The Morgan fingerprint density at radius 2 is 2.03 bits per heavy atom. The van der Waals surface area contributed by atoms with Crippen LogP contribution in [0.5, 0.6) is 5.75 Å². The number of imidazole rings is 1. The predicted molar refractivity (Wildman–Crippen MR) is 124 cm³/mol. The van der Waals surface area contributed by atoms with Gasteiger partial charge in [0, 0.05) is 24.0 Å². The number of nitrogens with zero attached hydrogens (tertiary/aromatic N) is 2. The smallest absolute Gasteiger partial charge is 0.410 e. The van der Waals surface area contributed by atoms with Crippen LogP contribution in [0.3, 0.4) is 0 Å². The summed E-state index contributed by atoms with van der Waals surface area (Å²) in [5.74, 6) is 0.998. The first kappa shape index (κ1) is 20.5. The lowest BCUT2D eigenvalue weighted by molar-refractivity contribution is -0.125. The van der Waals surface area contributed by atoms with Crippen LogP contribution in [0.1, 0.15) is 0 Å². The number of hydrogen-bond acceptors (Lipinski definition) is 6. The number of hydrogen-bond donors (Lipinski definition) is 2. The third kappa shape index (κ3) is 4.31. The Morgan fingerprint density at radius 1 is 1.19 bits per heavy atom. The second-order valence-corrected chi connectivity index (χ2v) is 8.74. The van der Waals surface area contributed by atoms with E-state index in [1.54, 1.807) is 47.4 Å². The van der Waals surface area contributed by atoms with Crippen LogP contribution in [-0.4, -0.2) is 41.7 Å². The molecule has 2 N–H and O–H groups in total. The van der Waals surface area contributed by atoms with E-state index in [2.05, 4.69) is 15.3 Å². The average molecular weight is 469 g/mol. The molecule has 0 radical (unpaired) electrons. The molecule has 2 amide bonds. The Bertz CT molecular complexity index is 1300. The number of benzene rings is 2. The number of halogens is 1. The summed E-state index contributed by atoms with van der Waals surface area (Å²) in [4.78, 5) is 34.6. The number of aromatic nitrogens is 2. The molecule has 4 aromatic rings. The van der Waals surface area contributed by atoms with Gasteiger partial charge < -0.3 is 19.4 Å². The van der Waals surface area contributed by atoms with Crippen LogP contribution in [0.25, 0.3) is 21.7 Å². The molecule has 1 fully saturated rings. The highest BCUT2D eigenvalue weighted by Gasteiger charge is 2.20.